The van der Waals surface area contributed by atoms with Crippen LogP contribution in [0.2, 0.25) is 0 Å². The second-order valence-corrected chi connectivity index (χ2v) is 5.63. The molecule has 1 N–H and O–H groups in total. The molecule has 0 amide bonds. The van der Waals surface area contributed by atoms with Gasteiger partial charge in [0.15, 0.2) is 0 Å². The smallest absolute Gasteiger partial charge is 0.306 e. The number of likely N-dealkylation sites (tertiary alicyclic amines) is 1. The van der Waals surface area contributed by atoms with Gasteiger partial charge in [-0.05, 0) is 57.3 Å². The molecule has 0 aliphatic carbocycles. The maximum Gasteiger partial charge on any atom is 0.306 e. The predicted molar refractivity (Wildman–Crippen MR) is 76.3 cm³/mol. The Hall–Kier alpha value is -1.35. The van der Waals surface area contributed by atoms with Crippen molar-refractivity contribution in [2.24, 2.45) is 5.92 Å². The van der Waals surface area contributed by atoms with E-state index in [-0.39, 0.29) is 5.92 Å². The first-order valence-electron chi connectivity index (χ1n) is 7.09. The number of aryl methyl sites for hydroxylation is 1. The zero-order chi connectivity index (χ0) is 13.8. The SMILES string of the molecule is Cc1ccccc1CC(C)N1CCC(C(=O)O)CC1. The first-order chi connectivity index (χ1) is 9.08. The third-order valence-electron chi connectivity index (χ3n) is 4.28. The van der Waals surface area contributed by atoms with Gasteiger partial charge in [0.1, 0.15) is 0 Å². The summed E-state index contributed by atoms with van der Waals surface area (Å²) >= 11 is 0. The van der Waals surface area contributed by atoms with Crippen LogP contribution in [0.3, 0.4) is 0 Å². The van der Waals surface area contributed by atoms with E-state index in [1.54, 1.807) is 0 Å². The summed E-state index contributed by atoms with van der Waals surface area (Å²) in [6, 6.07) is 8.98. The van der Waals surface area contributed by atoms with Crippen molar-refractivity contribution in [3.8, 4) is 0 Å². The minimum Gasteiger partial charge on any atom is -0.481 e. The average molecular weight is 261 g/mol. The zero-order valence-electron chi connectivity index (χ0n) is 11.8. The first-order valence-corrected chi connectivity index (χ1v) is 7.09. The first kappa shape index (κ1) is 14.1. The third-order valence-corrected chi connectivity index (χ3v) is 4.28. The molecule has 1 aromatic rings. The average Bonchev–Trinajstić information content (AvgIpc) is 2.41. The Morgan fingerprint density at radius 3 is 2.58 bits per heavy atom. The van der Waals surface area contributed by atoms with Crippen LogP contribution in [0.5, 0.6) is 0 Å². The second kappa shape index (κ2) is 6.20. The molecule has 0 bridgehead atoms. The normalized spacial score (nSPS) is 19.3. The molecular weight excluding hydrogens is 238 g/mol. The molecule has 0 radical (unpaired) electrons. The van der Waals surface area contributed by atoms with Gasteiger partial charge in [-0.3, -0.25) is 4.79 Å². The van der Waals surface area contributed by atoms with Crippen molar-refractivity contribution in [1.29, 1.82) is 0 Å². The molecule has 1 saturated heterocycles. The van der Waals surface area contributed by atoms with Crippen molar-refractivity contribution in [2.45, 2.75) is 39.2 Å². The van der Waals surface area contributed by atoms with E-state index < -0.39 is 5.97 Å². The second-order valence-electron chi connectivity index (χ2n) is 5.63. The van der Waals surface area contributed by atoms with Gasteiger partial charge in [0.25, 0.3) is 0 Å². The van der Waals surface area contributed by atoms with E-state index in [9.17, 15) is 4.79 Å². The summed E-state index contributed by atoms with van der Waals surface area (Å²) in [4.78, 5) is 13.4. The number of nitrogens with zero attached hydrogens (tertiary/aromatic N) is 1. The fourth-order valence-corrected chi connectivity index (χ4v) is 2.87. The standard InChI is InChI=1S/C16H23NO2/c1-12-5-3-4-6-15(12)11-13(2)17-9-7-14(8-10-17)16(18)19/h3-6,13-14H,7-11H2,1-2H3,(H,18,19). The van der Waals surface area contributed by atoms with E-state index in [0.29, 0.717) is 6.04 Å². The maximum absolute atomic E-state index is 10.9. The van der Waals surface area contributed by atoms with Crippen LogP contribution in [0.25, 0.3) is 0 Å². The summed E-state index contributed by atoms with van der Waals surface area (Å²) in [5.74, 6) is -0.770. The quantitative estimate of drug-likeness (QED) is 0.906. The molecule has 1 aliphatic heterocycles. The summed E-state index contributed by atoms with van der Waals surface area (Å²) < 4.78 is 0. The van der Waals surface area contributed by atoms with Crippen molar-refractivity contribution >= 4 is 5.97 Å². The van der Waals surface area contributed by atoms with Gasteiger partial charge in [-0.25, -0.2) is 0 Å². The van der Waals surface area contributed by atoms with Crippen LogP contribution in [-0.4, -0.2) is 35.1 Å². The van der Waals surface area contributed by atoms with Gasteiger partial charge in [-0.2, -0.15) is 0 Å². The number of piperidine rings is 1. The van der Waals surface area contributed by atoms with E-state index >= 15 is 0 Å². The van der Waals surface area contributed by atoms with Crippen LogP contribution >= 0.6 is 0 Å². The summed E-state index contributed by atoms with van der Waals surface area (Å²) in [7, 11) is 0. The number of carbonyl (C=O) groups is 1. The Kier molecular flexibility index (Phi) is 4.59. The van der Waals surface area contributed by atoms with E-state index in [4.69, 9.17) is 5.11 Å². The number of benzene rings is 1. The third kappa shape index (κ3) is 3.57. The van der Waals surface area contributed by atoms with Gasteiger partial charge in [-0.1, -0.05) is 24.3 Å². The Labute approximate surface area is 115 Å². The molecular formula is C16H23NO2. The van der Waals surface area contributed by atoms with Crippen molar-refractivity contribution in [3.05, 3.63) is 35.4 Å². The summed E-state index contributed by atoms with van der Waals surface area (Å²) in [5, 5.41) is 9.02. The van der Waals surface area contributed by atoms with Crippen molar-refractivity contribution < 1.29 is 9.90 Å². The van der Waals surface area contributed by atoms with Gasteiger partial charge in [0, 0.05) is 6.04 Å². The highest BCUT2D eigenvalue weighted by Gasteiger charge is 2.26. The molecule has 1 atom stereocenters. The molecule has 1 aliphatic rings. The molecule has 1 heterocycles. The highest BCUT2D eigenvalue weighted by molar-refractivity contribution is 5.70. The van der Waals surface area contributed by atoms with Crippen LogP contribution in [0.4, 0.5) is 0 Å². The number of rotatable bonds is 4. The highest BCUT2D eigenvalue weighted by atomic mass is 16.4. The monoisotopic (exact) mass is 261 g/mol. The van der Waals surface area contributed by atoms with E-state index in [1.165, 1.54) is 11.1 Å². The van der Waals surface area contributed by atoms with Gasteiger partial charge in [0.05, 0.1) is 5.92 Å². The maximum atomic E-state index is 10.9. The summed E-state index contributed by atoms with van der Waals surface area (Å²) in [6.07, 6.45) is 2.62. The van der Waals surface area contributed by atoms with Crippen molar-refractivity contribution in [2.75, 3.05) is 13.1 Å². The minimum absolute atomic E-state index is 0.137. The summed E-state index contributed by atoms with van der Waals surface area (Å²) in [6.45, 7) is 6.21. The number of aliphatic carboxylic acids is 1. The lowest BCUT2D eigenvalue weighted by Gasteiger charge is -2.35. The van der Waals surface area contributed by atoms with Crippen LogP contribution in [0.1, 0.15) is 30.9 Å². The van der Waals surface area contributed by atoms with Crippen LogP contribution in [-0.2, 0) is 11.2 Å². The Morgan fingerprint density at radius 2 is 2.00 bits per heavy atom. The largest absolute Gasteiger partial charge is 0.481 e. The molecule has 0 spiro atoms. The van der Waals surface area contributed by atoms with E-state index in [2.05, 4.69) is 43.0 Å². The topological polar surface area (TPSA) is 40.5 Å². The molecule has 0 aromatic heterocycles. The molecule has 104 valence electrons. The highest BCUT2D eigenvalue weighted by Crippen LogP contribution is 2.21. The summed E-state index contributed by atoms with van der Waals surface area (Å²) in [5.41, 5.74) is 2.74. The lowest BCUT2D eigenvalue weighted by atomic mass is 9.94. The van der Waals surface area contributed by atoms with Crippen LogP contribution in [0, 0.1) is 12.8 Å². The molecule has 19 heavy (non-hydrogen) atoms. The predicted octanol–water partition coefficient (Wildman–Crippen LogP) is 2.72. The van der Waals surface area contributed by atoms with E-state index in [1.807, 2.05) is 0 Å². The van der Waals surface area contributed by atoms with Gasteiger partial charge < -0.3 is 10.0 Å². The van der Waals surface area contributed by atoms with Crippen molar-refractivity contribution in [3.63, 3.8) is 0 Å². The fourth-order valence-electron chi connectivity index (χ4n) is 2.87. The lowest BCUT2D eigenvalue weighted by molar-refractivity contribution is -0.143. The molecule has 3 nitrogen and oxygen atoms in total. The Bertz CT molecular complexity index is 436. The lowest BCUT2D eigenvalue weighted by Crippen LogP contribution is -2.42. The molecule has 2 rings (SSSR count). The van der Waals surface area contributed by atoms with Gasteiger partial charge >= 0.3 is 5.97 Å². The number of carboxylic acid groups (broad SMARTS) is 1. The minimum atomic E-state index is -0.633. The Balaban J connectivity index is 1.90. The Morgan fingerprint density at radius 1 is 1.37 bits per heavy atom. The van der Waals surface area contributed by atoms with Crippen LogP contribution < -0.4 is 0 Å². The number of hydrogen-bond donors (Lipinski definition) is 1. The zero-order valence-corrected chi connectivity index (χ0v) is 11.8. The molecule has 1 aromatic carbocycles. The molecule has 0 saturated carbocycles. The number of hydrogen-bond acceptors (Lipinski definition) is 2. The fraction of sp³-hybridized carbons (Fsp3) is 0.562. The van der Waals surface area contributed by atoms with Crippen molar-refractivity contribution in [1.82, 2.24) is 4.90 Å². The van der Waals surface area contributed by atoms with Crippen LogP contribution in [0.15, 0.2) is 24.3 Å². The number of carboxylic acids is 1. The van der Waals surface area contributed by atoms with E-state index in [0.717, 1.165) is 32.4 Å². The van der Waals surface area contributed by atoms with Gasteiger partial charge in [-0.15, -0.1) is 0 Å². The molecule has 3 heteroatoms. The molecule has 1 fully saturated rings. The van der Waals surface area contributed by atoms with Gasteiger partial charge in [0.2, 0.25) is 0 Å². The molecule has 1 unspecified atom stereocenters.